The Morgan fingerprint density at radius 2 is 1.81 bits per heavy atom. The standard InChI is InChI=1S/C21H36N2O3S/c1-6-23-19(27)11-13-22(21(23)25)12-9-7-8-10-14-26-20(24)18(17(4)5)15-16(2)3/h11,13,16-18H,6-10,12,14-15H2,1-5H3. The first-order chi connectivity index (χ1) is 12.8. The molecular weight excluding hydrogens is 360 g/mol. The van der Waals surface area contributed by atoms with E-state index >= 15 is 0 Å². The third-order valence-electron chi connectivity index (χ3n) is 4.83. The van der Waals surface area contributed by atoms with E-state index in [2.05, 4.69) is 27.7 Å². The number of esters is 1. The second kappa shape index (κ2) is 12.1. The zero-order valence-corrected chi connectivity index (χ0v) is 18.4. The molecule has 0 amide bonds. The van der Waals surface area contributed by atoms with E-state index in [-0.39, 0.29) is 17.6 Å². The van der Waals surface area contributed by atoms with Gasteiger partial charge in [0, 0.05) is 19.3 Å². The highest BCUT2D eigenvalue weighted by atomic mass is 32.1. The lowest BCUT2D eigenvalue weighted by molar-refractivity contribution is -0.151. The molecule has 0 saturated carbocycles. The Bertz CT molecular complexity index is 691. The van der Waals surface area contributed by atoms with Gasteiger partial charge in [0.1, 0.15) is 4.64 Å². The lowest BCUT2D eigenvalue weighted by Crippen LogP contribution is -2.30. The Morgan fingerprint density at radius 1 is 1.15 bits per heavy atom. The number of hydrogen-bond acceptors (Lipinski definition) is 4. The van der Waals surface area contributed by atoms with E-state index in [1.807, 2.05) is 13.0 Å². The summed E-state index contributed by atoms with van der Waals surface area (Å²) >= 11 is 5.17. The summed E-state index contributed by atoms with van der Waals surface area (Å²) in [6.07, 6.45) is 6.45. The molecule has 154 valence electrons. The molecule has 27 heavy (non-hydrogen) atoms. The maximum absolute atomic E-state index is 12.3. The minimum absolute atomic E-state index is 0.00510. The number of carbonyl (C=O) groups excluding carboxylic acids is 1. The first kappa shape index (κ1) is 23.6. The number of aryl methyl sites for hydroxylation is 1. The first-order valence-corrected chi connectivity index (χ1v) is 10.7. The lowest BCUT2D eigenvalue weighted by atomic mass is 9.88. The molecule has 6 heteroatoms. The van der Waals surface area contributed by atoms with Gasteiger partial charge in [0.15, 0.2) is 0 Å². The van der Waals surface area contributed by atoms with Crippen LogP contribution in [0, 0.1) is 22.4 Å². The predicted octanol–water partition coefficient (Wildman–Crippen LogP) is 4.82. The van der Waals surface area contributed by atoms with Crippen molar-refractivity contribution in [2.75, 3.05) is 6.61 Å². The summed E-state index contributed by atoms with van der Waals surface area (Å²) in [5, 5.41) is 0. The van der Waals surface area contributed by atoms with Gasteiger partial charge in [0.25, 0.3) is 0 Å². The van der Waals surface area contributed by atoms with Gasteiger partial charge in [-0.3, -0.25) is 9.36 Å². The van der Waals surface area contributed by atoms with Crippen LogP contribution < -0.4 is 5.69 Å². The highest BCUT2D eigenvalue weighted by molar-refractivity contribution is 7.71. The molecule has 1 heterocycles. The fourth-order valence-corrected chi connectivity index (χ4v) is 3.45. The minimum Gasteiger partial charge on any atom is -0.465 e. The highest BCUT2D eigenvalue weighted by Crippen LogP contribution is 2.21. The molecule has 1 atom stereocenters. The number of unbranched alkanes of at least 4 members (excludes halogenated alkanes) is 3. The van der Waals surface area contributed by atoms with E-state index in [0.29, 0.717) is 36.2 Å². The average Bonchev–Trinajstić information content (AvgIpc) is 2.60. The van der Waals surface area contributed by atoms with Crippen molar-refractivity contribution in [3.8, 4) is 0 Å². The lowest BCUT2D eigenvalue weighted by Gasteiger charge is -2.21. The van der Waals surface area contributed by atoms with Gasteiger partial charge in [-0.25, -0.2) is 4.79 Å². The number of rotatable bonds is 12. The number of aromatic nitrogens is 2. The van der Waals surface area contributed by atoms with E-state index in [0.717, 1.165) is 32.1 Å². The summed E-state index contributed by atoms with van der Waals surface area (Å²) in [6, 6.07) is 1.81. The van der Waals surface area contributed by atoms with E-state index in [1.165, 1.54) is 0 Å². The molecule has 0 N–H and O–H groups in total. The van der Waals surface area contributed by atoms with Crippen LogP contribution in [0.1, 0.15) is 66.7 Å². The van der Waals surface area contributed by atoms with Gasteiger partial charge in [-0.05, 0) is 50.5 Å². The molecule has 0 aliphatic rings. The van der Waals surface area contributed by atoms with Crippen molar-refractivity contribution >= 4 is 18.2 Å². The van der Waals surface area contributed by atoms with Gasteiger partial charge in [-0.1, -0.05) is 46.3 Å². The van der Waals surface area contributed by atoms with Crippen LogP contribution in [0.3, 0.4) is 0 Å². The molecule has 1 aromatic heterocycles. The maximum Gasteiger partial charge on any atom is 0.329 e. The number of carbonyl (C=O) groups is 1. The Hall–Kier alpha value is -1.43. The summed E-state index contributed by atoms with van der Waals surface area (Å²) in [4.78, 5) is 24.5. The van der Waals surface area contributed by atoms with Crippen LogP contribution in [0.15, 0.2) is 17.1 Å². The van der Waals surface area contributed by atoms with Crippen molar-refractivity contribution in [1.29, 1.82) is 0 Å². The van der Waals surface area contributed by atoms with Crippen LogP contribution >= 0.6 is 12.2 Å². The quantitative estimate of drug-likeness (QED) is 0.289. The largest absolute Gasteiger partial charge is 0.465 e. The molecule has 0 spiro atoms. The third kappa shape index (κ3) is 7.99. The van der Waals surface area contributed by atoms with Gasteiger partial charge in [-0.2, -0.15) is 0 Å². The van der Waals surface area contributed by atoms with Gasteiger partial charge in [-0.15, -0.1) is 0 Å². The van der Waals surface area contributed by atoms with E-state index < -0.39 is 0 Å². The molecule has 0 aliphatic carbocycles. The zero-order chi connectivity index (χ0) is 20.4. The van der Waals surface area contributed by atoms with Crippen LogP contribution in [0.5, 0.6) is 0 Å². The Morgan fingerprint density at radius 3 is 2.41 bits per heavy atom. The number of hydrogen-bond donors (Lipinski definition) is 0. The fourth-order valence-electron chi connectivity index (χ4n) is 3.18. The molecule has 0 saturated heterocycles. The minimum atomic E-state index is -0.0571. The zero-order valence-electron chi connectivity index (χ0n) is 17.6. The molecule has 5 nitrogen and oxygen atoms in total. The van der Waals surface area contributed by atoms with Crippen molar-refractivity contribution in [1.82, 2.24) is 9.13 Å². The fraction of sp³-hybridized carbons (Fsp3) is 0.762. The maximum atomic E-state index is 12.3. The molecule has 0 aliphatic heterocycles. The van der Waals surface area contributed by atoms with Gasteiger partial charge in [0.05, 0.1) is 12.5 Å². The van der Waals surface area contributed by atoms with E-state index in [1.54, 1.807) is 15.3 Å². The highest BCUT2D eigenvalue weighted by Gasteiger charge is 2.24. The van der Waals surface area contributed by atoms with Crippen LogP contribution in [0.4, 0.5) is 0 Å². The smallest absolute Gasteiger partial charge is 0.329 e. The van der Waals surface area contributed by atoms with Crippen LogP contribution in [0.2, 0.25) is 0 Å². The Kier molecular flexibility index (Phi) is 10.6. The van der Waals surface area contributed by atoms with Crippen molar-refractivity contribution in [2.45, 2.75) is 79.8 Å². The summed E-state index contributed by atoms with van der Waals surface area (Å²) < 4.78 is 9.39. The molecular formula is C21H36N2O3S. The van der Waals surface area contributed by atoms with E-state index in [4.69, 9.17) is 17.0 Å². The molecule has 0 bridgehead atoms. The van der Waals surface area contributed by atoms with Gasteiger partial charge >= 0.3 is 11.7 Å². The van der Waals surface area contributed by atoms with Crippen LogP contribution in [0.25, 0.3) is 0 Å². The van der Waals surface area contributed by atoms with Crippen molar-refractivity contribution in [2.24, 2.45) is 17.8 Å². The third-order valence-corrected chi connectivity index (χ3v) is 5.18. The normalized spacial score (nSPS) is 12.6. The number of ether oxygens (including phenoxy) is 1. The van der Waals surface area contributed by atoms with Crippen LogP contribution in [-0.2, 0) is 22.6 Å². The number of nitrogens with zero attached hydrogens (tertiary/aromatic N) is 2. The summed E-state index contributed by atoms with van der Waals surface area (Å²) in [5.41, 5.74) is -0.0381. The topological polar surface area (TPSA) is 53.2 Å². The summed E-state index contributed by atoms with van der Waals surface area (Å²) in [6.45, 7) is 12.1. The summed E-state index contributed by atoms with van der Waals surface area (Å²) in [7, 11) is 0. The molecule has 0 radical (unpaired) electrons. The Balaban J connectivity index is 2.29. The molecule has 1 aromatic rings. The average molecular weight is 397 g/mol. The molecule has 1 unspecified atom stereocenters. The molecule has 1 rings (SSSR count). The monoisotopic (exact) mass is 396 g/mol. The second-order valence-electron chi connectivity index (χ2n) is 7.94. The van der Waals surface area contributed by atoms with Gasteiger partial charge < -0.3 is 9.30 Å². The van der Waals surface area contributed by atoms with Crippen LogP contribution in [-0.4, -0.2) is 21.7 Å². The van der Waals surface area contributed by atoms with Crippen molar-refractivity contribution in [3.05, 3.63) is 27.4 Å². The summed E-state index contributed by atoms with van der Waals surface area (Å²) in [5.74, 6) is 0.743. The molecule has 0 fully saturated rings. The van der Waals surface area contributed by atoms with Crippen molar-refractivity contribution < 1.29 is 9.53 Å². The predicted molar refractivity (Wildman–Crippen MR) is 112 cm³/mol. The molecule has 0 aromatic carbocycles. The first-order valence-electron chi connectivity index (χ1n) is 10.2. The Labute approximate surface area is 168 Å². The van der Waals surface area contributed by atoms with Gasteiger partial charge in [0.2, 0.25) is 0 Å². The van der Waals surface area contributed by atoms with Crippen molar-refractivity contribution in [3.63, 3.8) is 0 Å². The second-order valence-corrected chi connectivity index (χ2v) is 8.35. The van der Waals surface area contributed by atoms with E-state index in [9.17, 15) is 9.59 Å². The SMILES string of the molecule is CCn1c(=S)ccn(CCCCCCOC(=O)C(CC(C)C)C(C)C)c1=O.